The van der Waals surface area contributed by atoms with Crippen molar-refractivity contribution in [3.63, 3.8) is 0 Å². The zero-order chi connectivity index (χ0) is 12.6. The van der Waals surface area contributed by atoms with Gasteiger partial charge in [0, 0.05) is 11.6 Å². The van der Waals surface area contributed by atoms with E-state index < -0.39 is 0 Å². The van der Waals surface area contributed by atoms with Crippen molar-refractivity contribution in [3.8, 4) is 0 Å². The number of fused-ring (bicyclic) bond motifs is 1. The molecule has 3 nitrogen and oxygen atoms in total. The number of rotatable bonds is 2. The smallest absolute Gasteiger partial charge is 0.184 e. The largest absolute Gasteiger partial charge is 0.379 e. The summed E-state index contributed by atoms with van der Waals surface area (Å²) in [7, 11) is 0. The highest BCUT2D eigenvalue weighted by molar-refractivity contribution is 7.22. The van der Waals surface area contributed by atoms with Crippen LogP contribution in [-0.4, -0.2) is 23.7 Å². The molecule has 1 aliphatic rings. The van der Waals surface area contributed by atoms with Crippen LogP contribution in [0.5, 0.6) is 0 Å². The summed E-state index contributed by atoms with van der Waals surface area (Å²) in [5.74, 6) is 0. The molecule has 0 radical (unpaired) electrons. The Bertz CT molecular complexity index is 563. The van der Waals surface area contributed by atoms with Crippen molar-refractivity contribution in [2.45, 2.75) is 25.3 Å². The van der Waals surface area contributed by atoms with Gasteiger partial charge in [-0.05, 0) is 38.0 Å². The molecular formula is C13H15ClN2OS. The van der Waals surface area contributed by atoms with Gasteiger partial charge in [0.1, 0.15) is 0 Å². The van der Waals surface area contributed by atoms with Crippen molar-refractivity contribution in [1.82, 2.24) is 4.98 Å². The van der Waals surface area contributed by atoms with Gasteiger partial charge >= 0.3 is 0 Å². The zero-order valence-corrected chi connectivity index (χ0v) is 11.8. The molecular weight excluding hydrogens is 268 g/mol. The van der Waals surface area contributed by atoms with Gasteiger partial charge in [-0.15, -0.1) is 0 Å². The maximum Gasteiger partial charge on any atom is 0.184 e. The van der Waals surface area contributed by atoms with Gasteiger partial charge < -0.3 is 10.1 Å². The molecule has 1 aliphatic heterocycles. The highest BCUT2D eigenvalue weighted by Crippen LogP contribution is 2.31. The van der Waals surface area contributed by atoms with E-state index in [-0.39, 0.29) is 5.54 Å². The summed E-state index contributed by atoms with van der Waals surface area (Å²) in [6, 6.07) is 5.82. The van der Waals surface area contributed by atoms with Crippen molar-refractivity contribution in [2.24, 2.45) is 0 Å². The number of thiazole rings is 1. The number of nitrogens with one attached hydrogen (secondary N) is 1. The van der Waals surface area contributed by atoms with Crippen LogP contribution >= 0.6 is 22.9 Å². The molecule has 3 rings (SSSR count). The van der Waals surface area contributed by atoms with Crippen molar-refractivity contribution >= 4 is 38.3 Å². The second kappa shape index (κ2) is 4.68. The lowest BCUT2D eigenvalue weighted by Crippen LogP contribution is -2.42. The fourth-order valence-corrected chi connectivity index (χ4v) is 3.41. The summed E-state index contributed by atoms with van der Waals surface area (Å²) in [6.07, 6.45) is 2.21. The number of hydrogen-bond donors (Lipinski definition) is 1. The van der Waals surface area contributed by atoms with Gasteiger partial charge in [0.15, 0.2) is 5.13 Å². The van der Waals surface area contributed by atoms with Gasteiger partial charge in [0.25, 0.3) is 0 Å². The standard InChI is InChI=1S/C13H15ClN2OS/c1-13(5-2-6-17-8-13)16-12-15-10-7-9(14)3-4-11(10)18-12/h3-4,7H,2,5-6,8H2,1H3,(H,15,16). The van der Waals surface area contributed by atoms with Crippen LogP contribution in [-0.2, 0) is 4.74 Å². The maximum atomic E-state index is 5.97. The Hall–Kier alpha value is -0.840. The molecule has 1 aromatic heterocycles. The summed E-state index contributed by atoms with van der Waals surface area (Å²) in [6.45, 7) is 3.79. The Morgan fingerprint density at radius 3 is 3.17 bits per heavy atom. The van der Waals surface area contributed by atoms with Crippen LogP contribution < -0.4 is 5.32 Å². The van der Waals surface area contributed by atoms with Crippen LogP contribution in [0.2, 0.25) is 5.02 Å². The Labute approximate surface area is 115 Å². The van der Waals surface area contributed by atoms with E-state index in [9.17, 15) is 0 Å². The summed E-state index contributed by atoms with van der Waals surface area (Å²) in [5, 5.41) is 5.18. The Kier molecular flexibility index (Phi) is 3.18. The van der Waals surface area contributed by atoms with E-state index in [2.05, 4.69) is 17.2 Å². The summed E-state index contributed by atoms with van der Waals surface area (Å²) >= 11 is 7.63. The lowest BCUT2D eigenvalue weighted by Gasteiger charge is -2.34. The van der Waals surface area contributed by atoms with Crippen LogP contribution in [0.1, 0.15) is 19.8 Å². The highest BCUT2D eigenvalue weighted by atomic mass is 35.5. The number of anilines is 1. The lowest BCUT2D eigenvalue weighted by atomic mass is 9.95. The van der Waals surface area contributed by atoms with Crippen molar-refractivity contribution < 1.29 is 4.74 Å². The maximum absolute atomic E-state index is 5.97. The van der Waals surface area contributed by atoms with Crippen LogP contribution in [0.3, 0.4) is 0 Å². The second-order valence-electron chi connectivity index (χ2n) is 4.97. The molecule has 0 aliphatic carbocycles. The fraction of sp³-hybridized carbons (Fsp3) is 0.462. The molecule has 1 N–H and O–H groups in total. The van der Waals surface area contributed by atoms with E-state index in [1.807, 2.05) is 18.2 Å². The number of aromatic nitrogens is 1. The SMILES string of the molecule is CC1(Nc2nc3cc(Cl)ccc3s2)CCCOC1. The van der Waals surface area contributed by atoms with Crippen LogP contribution in [0.15, 0.2) is 18.2 Å². The zero-order valence-electron chi connectivity index (χ0n) is 10.2. The quantitative estimate of drug-likeness (QED) is 0.906. The van der Waals surface area contributed by atoms with Crippen LogP contribution in [0, 0.1) is 0 Å². The molecule has 0 amide bonds. The number of benzene rings is 1. The number of nitrogens with zero attached hydrogens (tertiary/aromatic N) is 1. The first-order valence-electron chi connectivity index (χ1n) is 6.07. The van der Waals surface area contributed by atoms with E-state index in [0.29, 0.717) is 0 Å². The molecule has 0 bridgehead atoms. The molecule has 0 spiro atoms. The van der Waals surface area contributed by atoms with Crippen LogP contribution in [0.4, 0.5) is 5.13 Å². The Morgan fingerprint density at radius 1 is 1.50 bits per heavy atom. The minimum Gasteiger partial charge on any atom is -0.379 e. The highest BCUT2D eigenvalue weighted by Gasteiger charge is 2.28. The number of hydrogen-bond acceptors (Lipinski definition) is 4. The van der Waals surface area contributed by atoms with Gasteiger partial charge in [0.2, 0.25) is 0 Å². The molecule has 2 heterocycles. The molecule has 5 heteroatoms. The predicted octanol–water partition coefficient (Wildman–Crippen LogP) is 3.93. The monoisotopic (exact) mass is 282 g/mol. The van der Waals surface area contributed by atoms with Crippen molar-refractivity contribution in [3.05, 3.63) is 23.2 Å². The second-order valence-corrected chi connectivity index (χ2v) is 6.44. The molecule has 1 saturated heterocycles. The molecule has 1 atom stereocenters. The first-order valence-corrected chi connectivity index (χ1v) is 7.26. The van der Waals surface area contributed by atoms with Gasteiger partial charge in [0.05, 0.1) is 22.4 Å². The molecule has 0 saturated carbocycles. The van der Waals surface area contributed by atoms with Crippen LogP contribution in [0.25, 0.3) is 10.2 Å². The molecule has 96 valence electrons. The molecule has 1 aromatic carbocycles. The predicted molar refractivity (Wildman–Crippen MR) is 76.7 cm³/mol. The van der Waals surface area contributed by atoms with E-state index in [1.54, 1.807) is 11.3 Å². The van der Waals surface area contributed by atoms with Crippen molar-refractivity contribution in [2.75, 3.05) is 18.5 Å². The normalized spacial score (nSPS) is 24.3. The first kappa shape index (κ1) is 12.2. The van der Waals surface area contributed by atoms with E-state index in [0.717, 1.165) is 46.4 Å². The molecule has 1 fully saturated rings. The lowest BCUT2D eigenvalue weighted by molar-refractivity contribution is 0.0540. The third-order valence-corrected chi connectivity index (χ3v) is 4.38. The van der Waals surface area contributed by atoms with E-state index in [4.69, 9.17) is 16.3 Å². The van der Waals surface area contributed by atoms with Gasteiger partial charge in [-0.3, -0.25) is 0 Å². The van der Waals surface area contributed by atoms with E-state index in [1.165, 1.54) is 0 Å². The topological polar surface area (TPSA) is 34.2 Å². The number of halogens is 1. The first-order chi connectivity index (χ1) is 8.65. The Morgan fingerprint density at radius 2 is 2.39 bits per heavy atom. The number of ether oxygens (including phenoxy) is 1. The minimum absolute atomic E-state index is 0.00405. The minimum atomic E-state index is -0.00405. The van der Waals surface area contributed by atoms with Gasteiger partial charge in [-0.2, -0.15) is 0 Å². The van der Waals surface area contributed by atoms with Crippen molar-refractivity contribution in [1.29, 1.82) is 0 Å². The average Bonchev–Trinajstić information content (AvgIpc) is 2.70. The third kappa shape index (κ3) is 2.46. The molecule has 1 unspecified atom stereocenters. The van der Waals surface area contributed by atoms with Gasteiger partial charge in [-0.25, -0.2) is 4.98 Å². The average molecular weight is 283 g/mol. The molecule has 2 aromatic rings. The third-order valence-electron chi connectivity index (χ3n) is 3.20. The fourth-order valence-electron chi connectivity index (χ4n) is 2.24. The van der Waals surface area contributed by atoms with Gasteiger partial charge in [-0.1, -0.05) is 22.9 Å². The van der Waals surface area contributed by atoms with E-state index >= 15 is 0 Å². The molecule has 18 heavy (non-hydrogen) atoms. The Balaban J connectivity index is 1.86. The summed E-state index contributed by atoms with van der Waals surface area (Å²) in [4.78, 5) is 4.58. The summed E-state index contributed by atoms with van der Waals surface area (Å²) in [5.41, 5.74) is 0.950. The summed E-state index contributed by atoms with van der Waals surface area (Å²) < 4.78 is 6.70.